The third kappa shape index (κ3) is 3.03. The lowest BCUT2D eigenvalue weighted by atomic mass is 9.72. The van der Waals surface area contributed by atoms with Crippen molar-refractivity contribution in [1.82, 2.24) is 5.32 Å². The second-order valence-corrected chi connectivity index (χ2v) is 5.72. The summed E-state index contributed by atoms with van der Waals surface area (Å²) in [5, 5.41) is 3.82. The van der Waals surface area contributed by atoms with Gasteiger partial charge in [0, 0.05) is 11.1 Å². The number of carbonyl (C=O) groups is 1. The van der Waals surface area contributed by atoms with Gasteiger partial charge in [-0.25, -0.2) is 0 Å². The quantitative estimate of drug-likeness (QED) is 0.862. The van der Waals surface area contributed by atoms with Gasteiger partial charge in [0.05, 0.1) is 11.8 Å². The third-order valence-electron chi connectivity index (χ3n) is 3.91. The number of nitrogens with one attached hydrogen (secondary N) is 1. The van der Waals surface area contributed by atoms with Crippen molar-refractivity contribution in [2.75, 3.05) is 0 Å². The second-order valence-electron chi connectivity index (χ2n) is 5.28. The Labute approximate surface area is 128 Å². The van der Waals surface area contributed by atoms with Crippen LogP contribution in [-0.2, 0) is 10.3 Å². The summed E-state index contributed by atoms with van der Waals surface area (Å²) in [7, 11) is 0. The molecule has 0 radical (unpaired) electrons. The molecule has 0 aliphatic heterocycles. The average Bonchev–Trinajstić information content (AvgIpc) is 2.95. The zero-order valence-corrected chi connectivity index (χ0v) is 12.3. The first-order valence-electron chi connectivity index (χ1n) is 6.98. The van der Waals surface area contributed by atoms with Crippen molar-refractivity contribution in [2.45, 2.75) is 24.8 Å². The first-order chi connectivity index (χ1) is 10.2. The zero-order chi connectivity index (χ0) is 14.7. The van der Waals surface area contributed by atoms with Gasteiger partial charge in [0.2, 0.25) is 5.91 Å². The van der Waals surface area contributed by atoms with Crippen molar-refractivity contribution in [3.63, 3.8) is 0 Å². The lowest BCUT2D eigenvalue weighted by Gasteiger charge is -2.43. The van der Waals surface area contributed by atoms with Crippen molar-refractivity contribution in [2.24, 2.45) is 0 Å². The third-order valence-corrected chi connectivity index (χ3v) is 4.16. The molecular weight excluding hydrogens is 286 g/mol. The normalized spacial score (nSPS) is 16.6. The highest BCUT2D eigenvalue weighted by molar-refractivity contribution is 6.30. The van der Waals surface area contributed by atoms with E-state index in [0.29, 0.717) is 10.8 Å². The van der Waals surface area contributed by atoms with E-state index in [0.717, 1.165) is 24.8 Å². The summed E-state index contributed by atoms with van der Waals surface area (Å²) in [5.74, 6) is 0.556. The molecule has 1 aliphatic rings. The van der Waals surface area contributed by atoms with Crippen LogP contribution in [0.1, 0.15) is 30.6 Å². The van der Waals surface area contributed by atoms with Crippen LogP contribution in [0.5, 0.6) is 0 Å². The molecular formula is C17H16ClNO2. The Morgan fingerprint density at radius 3 is 2.57 bits per heavy atom. The highest BCUT2D eigenvalue weighted by Gasteiger charge is 2.39. The molecule has 0 saturated heterocycles. The van der Waals surface area contributed by atoms with Gasteiger partial charge in [0.15, 0.2) is 0 Å². The topological polar surface area (TPSA) is 42.2 Å². The van der Waals surface area contributed by atoms with Crippen LogP contribution in [0.25, 0.3) is 6.08 Å². The summed E-state index contributed by atoms with van der Waals surface area (Å²) >= 11 is 5.93. The van der Waals surface area contributed by atoms with Gasteiger partial charge in [-0.3, -0.25) is 4.79 Å². The largest absolute Gasteiger partial charge is 0.465 e. The van der Waals surface area contributed by atoms with Gasteiger partial charge < -0.3 is 9.73 Å². The van der Waals surface area contributed by atoms with Crippen LogP contribution in [0, 0.1) is 0 Å². The molecule has 0 unspecified atom stereocenters. The molecule has 0 bridgehead atoms. The van der Waals surface area contributed by atoms with E-state index >= 15 is 0 Å². The Bertz CT molecular complexity index is 640. The van der Waals surface area contributed by atoms with E-state index in [9.17, 15) is 4.79 Å². The van der Waals surface area contributed by atoms with Gasteiger partial charge in [0.1, 0.15) is 5.76 Å². The van der Waals surface area contributed by atoms with E-state index in [1.54, 1.807) is 18.4 Å². The van der Waals surface area contributed by atoms with Crippen LogP contribution in [0.15, 0.2) is 53.2 Å². The molecule has 0 atom stereocenters. The van der Waals surface area contributed by atoms with Gasteiger partial charge in [-0.05, 0) is 55.2 Å². The number of hydrogen-bond acceptors (Lipinski definition) is 2. The molecule has 21 heavy (non-hydrogen) atoms. The summed E-state index contributed by atoms with van der Waals surface area (Å²) in [4.78, 5) is 12.1. The molecule has 1 aromatic carbocycles. The molecule has 1 N–H and O–H groups in total. The second kappa shape index (κ2) is 5.78. The van der Waals surface area contributed by atoms with Crippen molar-refractivity contribution in [3.05, 3.63) is 65.1 Å². The Kier molecular flexibility index (Phi) is 3.84. The monoisotopic (exact) mass is 301 g/mol. The number of amides is 1. The number of benzene rings is 1. The van der Waals surface area contributed by atoms with Gasteiger partial charge in [-0.2, -0.15) is 0 Å². The van der Waals surface area contributed by atoms with Crippen molar-refractivity contribution >= 4 is 23.6 Å². The molecule has 108 valence electrons. The smallest absolute Gasteiger partial charge is 0.244 e. The summed E-state index contributed by atoms with van der Waals surface area (Å²) in [5.41, 5.74) is 0.854. The number of rotatable bonds is 4. The maximum atomic E-state index is 12.1. The number of hydrogen-bond donors (Lipinski definition) is 1. The lowest BCUT2D eigenvalue weighted by Crippen LogP contribution is -2.50. The van der Waals surface area contributed by atoms with Crippen molar-refractivity contribution in [3.8, 4) is 0 Å². The van der Waals surface area contributed by atoms with Crippen LogP contribution in [0.3, 0.4) is 0 Å². The molecule has 2 aromatic rings. The Morgan fingerprint density at radius 1 is 1.24 bits per heavy atom. The average molecular weight is 302 g/mol. The Hall–Kier alpha value is -2.00. The lowest BCUT2D eigenvalue weighted by molar-refractivity contribution is -0.119. The van der Waals surface area contributed by atoms with Crippen LogP contribution in [0.4, 0.5) is 0 Å². The summed E-state index contributed by atoms with van der Waals surface area (Å²) < 4.78 is 5.17. The molecule has 3 nitrogen and oxygen atoms in total. The highest BCUT2D eigenvalue weighted by atomic mass is 35.5. The van der Waals surface area contributed by atoms with Crippen LogP contribution < -0.4 is 5.32 Å². The highest BCUT2D eigenvalue weighted by Crippen LogP contribution is 2.41. The summed E-state index contributed by atoms with van der Waals surface area (Å²) in [6, 6.07) is 11.3. The van der Waals surface area contributed by atoms with E-state index in [4.69, 9.17) is 16.0 Å². The predicted molar refractivity (Wildman–Crippen MR) is 82.9 cm³/mol. The van der Waals surface area contributed by atoms with E-state index in [1.165, 1.54) is 6.08 Å². The van der Waals surface area contributed by atoms with Crippen LogP contribution in [0.2, 0.25) is 5.02 Å². The van der Waals surface area contributed by atoms with E-state index in [-0.39, 0.29) is 11.4 Å². The zero-order valence-electron chi connectivity index (χ0n) is 11.5. The first kappa shape index (κ1) is 14.0. The molecule has 1 aliphatic carbocycles. The molecule has 0 spiro atoms. The minimum atomic E-state index is -0.255. The predicted octanol–water partition coefficient (Wildman–Crippen LogP) is 4.14. The molecule has 3 rings (SSSR count). The summed E-state index contributed by atoms with van der Waals surface area (Å²) in [6.07, 6.45) is 7.78. The van der Waals surface area contributed by atoms with E-state index in [1.807, 2.05) is 30.3 Å². The number of carbonyl (C=O) groups excluding carboxylic acids is 1. The van der Waals surface area contributed by atoms with Crippen molar-refractivity contribution in [1.29, 1.82) is 0 Å². The SMILES string of the molecule is O=C(/C=C/c1ccco1)NC1(c2ccc(Cl)cc2)CCC1. The standard InChI is InChI=1S/C17H16ClNO2/c18-14-6-4-13(5-7-14)17(10-2-11-17)19-16(20)9-8-15-3-1-12-21-15/h1,3-9,12H,2,10-11H2,(H,19,20)/b9-8+. The number of furan rings is 1. The van der Waals surface area contributed by atoms with Crippen LogP contribution in [-0.4, -0.2) is 5.91 Å². The minimum absolute atomic E-state index is 0.110. The van der Waals surface area contributed by atoms with Gasteiger partial charge >= 0.3 is 0 Å². The maximum absolute atomic E-state index is 12.1. The molecule has 1 fully saturated rings. The summed E-state index contributed by atoms with van der Waals surface area (Å²) in [6.45, 7) is 0. The van der Waals surface area contributed by atoms with Crippen molar-refractivity contribution < 1.29 is 9.21 Å². The fourth-order valence-electron chi connectivity index (χ4n) is 2.61. The first-order valence-corrected chi connectivity index (χ1v) is 7.36. The van der Waals surface area contributed by atoms with Gasteiger partial charge in [0.25, 0.3) is 0 Å². The molecule has 1 saturated carbocycles. The van der Waals surface area contributed by atoms with E-state index < -0.39 is 0 Å². The molecule has 1 amide bonds. The Morgan fingerprint density at radius 2 is 2.00 bits per heavy atom. The fourth-order valence-corrected chi connectivity index (χ4v) is 2.73. The van der Waals surface area contributed by atoms with E-state index in [2.05, 4.69) is 5.32 Å². The minimum Gasteiger partial charge on any atom is -0.465 e. The molecule has 1 aromatic heterocycles. The maximum Gasteiger partial charge on any atom is 0.244 e. The Balaban J connectivity index is 1.72. The molecule has 4 heteroatoms. The van der Waals surface area contributed by atoms with Gasteiger partial charge in [-0.15, -0.1) is 0 Å². The van der Waals surface area contributed by atoms with Crippen LogP contribution >= 0.6 is 11.6 Å². The molecule has 1 heterocycles. The van der Waals surface area contributed by atoms with Gasteiger partial charge in [-0.1, -0.05) is 23.7 Å². The fraction of sp³-hybridized carbons (Fsp3) is 0.235. The number of halogens is 1.